The van der Waals surface area contributed by atoms with Crippen LogP contribution in [0.15, 0.2) is 29.3 Å². The Balaban J connectivity index is 2.78. The molecule has 1 rings (SSSR count). The molecule has 3 N–H and O–H groups in total. The van der Waals surface area contributed by atoms with Crippen molar-refractivity contribution < 1.29 is 43.0 Å². The van der Waals surface area contributed by atoms with Crippen molar-refractivity contribution in [2.45, 2.75) is 175 Å². The molecule has 0 unspecified atom stereocenters. The molecule has 1 aromatic heterocycles. The third kappa shape index (κ3) is 26.4. The van der Waals surface area contributed by atoms with Crippen molar-refractivity contribution >= 4 is 66.9 Å². The highest BCUT2D eigenvalue weighted by molar-refractivity contribution is 8.13. The van der Waals surface area contributed by atoms with Gasteiger partial charge in [-0.05, 0) is 58.6 Å². The molecule has 0 aliphatic carbocycles. The predicted octanol–water partition coefficient (Wildman–Crippen LogP) is 8.79. The molecule has 13 nitrogen and oxygen atoms in total. The largest absolute Gasteiger partial charge is 0.466 e. The highest BCUT2D eigenvalue weighted by Gasteiger charge is 2.30. The van der Waals surface area contributed by atoms with Crippen LogP contribution < -0.4 is 16.0 Å². The van der Waals surface area contributed by atoms with E-state index in [9.17, 15) is 28.8 Å². The Morgan fingerprint density at radius 3 is 2.20 bits per heavy atom. The summed E-state index contributed by atoms with van der Waals surface area (Å²) in [7, 11) is -0.931. The molecule has 0 aromatic carbocycles. The third-order valence-electron chi connectivity index (χ3n) is 8.78. The second kappa shape index (κ2) is 30.5. The fraction of sp³-hybridized carbons (Fsp3) is 0.698. The zero-order valence-electron chi connectivity index (χ0n) is 37.1. The van der Waals surface area contributed by atoms with E-state index in [4.69, 9.17) is 14.2 Å². The number of unbranched alkanes of at least 4 members (excludes halogenated alkanes) is 9. The summed E-state index contributed by atoms with van der Waals surface area (Å²) in [4.78, 5) is 81.4. The summed E-state index contributed by atoms with van der Waals surface area (Å²) in [6, 6.07) is -0.284. The summed E-state index contributed by atoms with van der Waals surface area (Å²) in [5.74, 6) is -2.48. The lowest BCUT2D eigenvalue weighted by Crippen LogP contribution is -2.48. The lowest BCUT2D eigenvalue weighted by Gasteiger charge is -2.24. The molecule has 0 aliphatic heterocycles. The number of aromatic nitrogens is 1. The standard InChI is InChI=1S/C43H72N4O9S2Si/c1-10-12-13-14-15-16-17-18-19-20-24-37(49)57-26-22-21-23-32(28-36(48)54-25-27-59(8)9)55-41(52)38(31(3)4)47-39(50)33(11-2)46-40(51)34-30-58-35(45-34)29-44-42(53)56-43(5,6)7/h11,21,23,30-32,38,59H,10,12-20,22,24-29H2,1-9H3,(H,44,53)(H,46,51)(H,47,50)/b23-21+,33-11-/t32-,38+/m1/s1. The number of thiazole rings is 1. The first-order chi connectivity index (χ1) is 27.9. The minimum absolute atomic E-state index is 0.0389. The topological polar surface area (TPSA) is 179 Å². The molecular formula is C43H72N4O9S2Si. The summed E-state index contributed by atoms with van der Waals surface area (Å²) >= 11 is 2.44. The van der Waals surface area contributed by atoms with Crippen molar-refractivity contribution in [2.75, 3.05) is 12.4 Å². The van der Waals surface area contributed by atoms with Gasteiger partial charge in [0, 0.05) is 26.4 Å². The fourth-order valence-electron chi connectivity index (χ4n) is 5.44. The van der Waals surface area contributed by atoms with Gasteiger partial charge in [0.05, 0.1) is 19.6 Å². The van der Waals surface area contributed by atoms with Gasteiger partial charge in [-0.2, -0.15) is 0 Å². The number of carbonyl (C=O) groups is 6. The summed E-state index contributed by atoms with van der Waals surface area (Å²) in [5.41, 5.74) is -0.734. The van der Waals surface area contributed by atoms with Crippen LogP contribution in [0.1, 0.15) is 147 Å². The van der Waals surface area contributed by atoms with Crippen molar-refractivity contribution in [1.29, 1.82) is 0 Å². The summed E-state index contributed by atoms with van der Waals surface area (Å²) in [5, 5.41) is 9.91. The average molecular weight is 881 g/mol. The lowest BCUT2D eigenvalue weighted by molar-refractivity contribution is -0.156. The molecule has 16 heteroatoms. The molecule has 0 spiro atoms. The van der Waals surface area contributed by atoms with E-state index in [1.807, 2.05) is 0 Å². The minimum atomic E-state index is -1.11. The molecular weight excluding hydrogens is 809 g/mol. The number of nitrogens with zero attached hydrogens (tertiary/aromatic N) is 1. The van der Waals surface area contributed by atoms with Gasteiger partial charge in [0.1, 0.15) is 34.1 Å². The van der Waals surface area contributed by atoms with Crippen LogP contribution in [-0.2, 0) is 39.9 Å². The van der Waals surface area contributed by atoms with Gasteiger partial charge < -0.3 is 30.2 Å². The molecule has 1 heterocycles. The van der Waals surface area contributed by atoms with E-state index in [1.54, 1.807) is 53.7 Å². The number of hydrogen-bond donors (Lipinski definition) is 3. The molecule has 1 aromatic rings. The van der Waals surface area contributed by atoms with Crippen molar-refractivity contribution in [1.82, 2.24) is 20.9 Å². The Morgan fingerprint density at radius 1 is 0.966 bits per heavy atom. The Bertz CT molecular complexity index is 1510. The summed E-state index contributed by atoms with van der Waals surface area (Å²) in [6.07, 6.45) is 16.3. The van der Waals surface area contributed by atoms with Gasteiger partial charge in [-0.3, -0.25) is 19.2 Å². The summed E-state index contributed by atoms with van der Waals surface area (Å²) < 4.78 is 16.4. The molecule has 334 valence electrons. The zero-order valence-corrected chi connectivity index (χ0v) is 39.9. The van der Waals surface area contributed by atoms with Crippen LogP contribution in [0.3, 0.4) is 0 Å². The third-order valence-corrected chi connectivity index (χ3v) is 12.0. The van der Waals surface area contributed by atoms with Crippen molar-refractivity contribution in [2.24, 2.45) is 5.92 Å². The van der Waals surface area contributed by atoms with Crippen molar-refractivity contribution in [3.05, 3.63) is 40.0 Å². The van der Waals surface area contributed by atoms with Crippen LogP contribution in [0, 0.1) is 5.92 Å². The first kappa shape index (κ1) is 53.5. The molecule has 0 saturated carbocycles. The first-order valence-electron chi connectivity index (χ1n) is 21.3. The number of amides is 3. The second-order valence-corrected chi connectivity index (χ2v) is 21.7. The van der Waals surface area contributed by atoms with Crippen LogP contribution in [0.2, 0.25) is 19.1 Å². The maximum Gasteiger partial charge on any atom is 0.408 e. The minimum Gasteiger partial charge on any atom is -0.466 e. The zero-order chi connectivity index (χ0) is 44.2. The van der Waals surface area contributed by atoms with Crippen LogP contribution in [-0.4, -0.2) is 78.8 Å². The lowest BCUT2D eigenvalue weighted by atomic mass is 10.0. The molecule has 59 heavy (non-hydrogen) atoms. The van der Waals surface area contributed by atoms with Crippen LogP contribution in [0.5, 0.6) is 0 Å². The van der Waals surface area contributed by atoms with E-state index in [1.165, 1.54) is 68.2 Å². The number of carbonyl (C=O) groups excluding carboxylic acids is 6. The number of hydrogen-bond acceptors (Lipinski definition) is 12. The normalized spacial score (nSPS) is 13.0. The number of rotatable bonds is 29. The molecule has 0 aliphatic rings. The van der Waals surface area contributed by atoms with Crippen LogP contribution >= 0.6 is 23.1 Å². The van der Waals surface area contributed by atoms with Gasteiger partial charge in [-0.15, -0.1) is 11.3 Å². The first-order valence-corrected chi connectivity index (χ1v) is 26.3. The van der Waals surface area contributed by atoms with Crippen molar-refractivity contribution in [3.8, 4) is 0 Å². The fourth-order valence-corrected chi connectivity index (χ4v) is 7.52. The van der Waals surface area contributed by atoms with Gasteiger partial charge in [-0.1, -0.05) is 116 Å². The maximum absolute atomic E-state index is 13.6. The quantitative estimate of drug-likeness (QED) is 0.0175. The molecule has 0 fully saturated rings. The number of alkyl carbamates (subject to hydrolysis) is 1. The number of ether oxygens (including phenoxy) is 3. The average Bonchev–Trinajstić information content (AvgIpc) is 3.64. The van der Waals surface area contributed by atoms with E-state index in [0.717, 1.165) is 36.6 Å². The molecule has 0 saturated heterocycles. The SMILES string of the molecule is C/C=C(\NC(=O)c1csc(CNC(=O)OC(C)(C)C)n1)C(=O)N[C@H](C(=O)O[C@H](/C=C/CCSC(=O)CCCCCCCCCCCC)CC(=O)OCC[SiH](C)C)C(C)C. The van der Waals surface area contributed by atoms with Gasteiger partial charge in [0.15, 0.2) is 5.12 Å². The Kier molecular flexibility index (Phi) is 27.7. The number of esters is 2. The highest BCUT2D eigenvalue weighted by atomic mass is 32.2. The second-order valence-electron chi connectivity index (χ2n) is 16.3. The predicted molar refractivity (Wildman–Crippen MR) is 240 cm³/mol. The molecule has 3 amide bonds. The van der Waals surface area contributed by atoms with E-state index >= 15 is 0 Å². The maximum atomic E-state index is 13.6. The summed E-state index contributed by atoms with van der Waals surface area (Å²) in [6.45, 7) is 17.2. The number of nitrogens with one attached hydrogen (secondary N) is 3. The van der Waals surface area contributed by atoms with Gasteiger partial charge in [0.2, 0.25) is 0 Å². The van der Waals surface area contributed by atoms with Crippen LogP contribution in [0.25, 0.3) is 0 Å². The number of allylic oxidation sites excluding steroid dienone is 2. The van der Waals surface area contributed by atoms with E-state index < -0.39 is 62.3 Å². The Labute approximate surface area is 363 Å². The molecule has 0 radical (unpaired) electrons. The van der Waals surface area contributed by atoms with Crippen LogP contribution in [0.4, 0.5) is 4.79 Å². The van der Waals surface area contributed by atoms with E-state index in [0.29, 0.717) is 30.2 Å². The number of thioether (sulfide) groups is 1. The molecule has 0 bridgehead atoms. The van der Waals surface area contributed by atoms with E-state index in [2.05, 4.69) is 41.0 Å². The monoisotopic (exact) mass is 880 g/mol. The van der Waals surface area contributed by atoms with E-state index in [-0.39, 0.29) is 29.5 Å². The molecule has 2 atom stereocenters. The van der Waals surface area contributed by atoms with Gasteiger partial charge in [0.25, 0.3) is 11.8 Å². The Hall–Kier alpha value is -3.50. The Morgan fingerprint density at radius 2 is 1.61 bits per heavy atom. The van der Waals surface area contributed by atoms with Crippen molar-refractivity contribution in [3.63, 3.8) is 0 Å². The highest BCUT2D eigenvalue weighted by Crippen LogP contribution is 2.17. The smallest absolute Gasteiger partial charge is 0.408 e. The van der Waals surface area contributed by atoms with Gasteiger partial charge >= 0.3 is 18.0 Å². The van der Waals surface area contributed by atoms with Gasteiger partial charge in [-0.25, -0.2) is 14.6 Å².